The molecule has 4 heterocycles. The van der Waals surface area contributed by atoms with Gasteiger partial charge in [-0.2, -0.15) is 0 Å². The normalized spacial score (nSPS) is 25.0. The summed E-state index contributed by atoms with van der Waals surface area (Å²) >= 11 is 9.53. The predicted octanol–water partition coefficient (Wildman–Crippen LogP) is 8.92. The lowest BCUT2D eigenvalue weighted by Gasteiger charge is -2.43. The first-order valence-corrected chi connectivity index (χ1v) is 23.4. The summed E-state index contributed by atoms with van der Waals surface area (Å²) in [7, 11) is -2.49. The number of aliphatic hydroxyl groups is 1. The number of esters is 2. The molecule has 8 nitrogen and oxygen atoms in total. The summed E-state index contributed by atoms with van der Waals surface area (Å²) in [6.07, 6.45) is 12.4. The first kappa shape index (κ1) is 46.2. The second-order valence-corrected chi connectivity index (χ2v) is 21.4. The van der Waals surface area contributed by atoms with Gasteiger partial charge in [0.1, 0.15) is 12.2 Å². The van der Waals surface area contributed by atoms with E-state index in [2.05, 4.69) is 94.6 Å². The third-order valence-corrected chi connectivity index (χ3v) is 16.2. The summed E-state index contributed by atoms with van der Waals surface area (Å²) in [5, 5.41) is 11.6. The van der Waals surface area contributed by atoms with Gasteiger partial charge in [0, 0.05) is 26.1 Å². The lowest BCUT2D eigenvalue weighted by atomic mass is 10.0. The Morgan fingerprint density at radius 3 is 1.50 bits per heavy atom. The number of ether oxygens (including phenoxy) is 4. The SMILES string of the molecule is C=C1C[C@H](CCCO)O[C@H]1CCC1CCC(=O)O1.C=C1C[C@H](CCCO[Si](c2ccccc2)(c2ccccc2)C(C)(C)C)O[C@H]1CCC1CCC(=O)O1.ClCCl. The molecule has 0 aliphatic carbocycles. The van der Waals surface area contributed by atoms with E-state index in [1.54, 1.807) is 0 Å². The van der Waals surface area contributed by atoms with Crippen molar-refractivity contribution in [3.63, 3.8) is 0 Å². The van der Waals surface area contributed by atoms with Crippen LogP contribution < -0.4 is 10.4 Å². The molecule has 1 N–H and O–H groups in total. The lowest BCUT2D eigenvalue weighted by molar-refractivity contribution is -0.142. The minimum atomic E-state index is -2.49. The molecule has 56 heavy (non-hydrogen) atoms. The van der Waals surface area contributed by atoms with Gasteiger partial charge < -0.3 is 28.5 Å². The Morgan fingerprint density at radius 2 is 1.12 bits per heavy atom. The fraction of sp³-hybridized carbons (Fsp3) is 0.600. The number of carbonyl (C=O) groups excluding carboxylic acids is 2. The highest BCUT2D eigenvalue weighted by Crippen LogP contribution is 2.38. The fourth-order valence-corrected chi connectivity index (χ4v) is 13.0. The van der Waals surface area contributed by atoms with Crippen molar-refractivity contribution in [1.29, 1.82) is 0 Å². The topological polar surface area (TPSA) is 101 Å². The lowest BCUT2D eigenvalue weighted by Crippen LogP contribution is -2.66. The standard InChI is InChI=1S/C30H40O4Si.C14H22O4.CH2Cl2/c1-23-22-25(33-28(23)19-17-24-18-20-29(31)34-24)12-11-21-32-35(30(2,3)4,26-13-7-5-8-14-26)27-15-9-6-10-16-27;1-10-9-12(3-2-8-15)17-13(10)6-4-11-5-7-14(16)18-11;2-1-3/h5-10,13-16,24-25,28H,1,11-12,17-22H2,2-4H3;11-13,15H,1-9H2;1H2/t24?,25-,28-;11?,12-,13-;/m00./s1. The number of hydrogen-bond acceptors (Lipinski definition) is 8. The fourth-order valence-electron chi connectivity index (χ4n) is 8.35. The molecule has 0 saturated carbocycles. The van der Waals surface area contributed by atoms with Crippen LogP contribution in [-0.2, 0) is 33.0 Å². The molecule has 310 valence electrons. The van der Waals surface area contributed by atoms with Gasteiger partial charge in [0.25, 0.3) is 8.32 Å². The van der Waals surface area contributed by atoms with E-state index < -0.39 is 8.32 Å². The van der Waals surface area contributed by atoms with Gasteiger partial charge in [0.15, 0.2) is 0 Å². The van der Waals surface area contributed by atoms with Crippen LogP contribution in [0.25, 0.3) is 0 Å². The third-order valence-electron chi connectivity index (χ3n) is 11.1. The highest BCUT2D eigenvalue weighted by atomic mass is 35.5. The average Bonchev–Trinajstić information content (AvgIpc) is 3.97. The molecule has 4 aliphatic rings. The molecule has 6 rings (SSSR count). The van der Waals surface area contributed by atoms with E-state index >= 15 is 0 Å². The van der Waals surface area contributed by atoms with Crippen LogP contribution in [0, 0.1) is 0 Å². The summed E-state index contributed by atoms with van der Waals surface area (Å²) in [4.78, 5) is 22.3. The molecule has 2 aromatic rings. The van der Waals surface area contributed by atoms with Crippen LogP contribution in [0.2, 0.25) is 5.04 Å². The second-order valence-electron chi connectivity index (χ2n) is 16.3. The van der Waals surface area contributed by atoms with Crippen molar-refractivity contribution in [3.8, 4) is 0 Å². The van der Waals surface area contributed by atoms with Gasteiger partial charge >= 0.3 is 11.9 Å². The summed E-state index contributed by atoms with van der Waals surface area (Å²) in [6, 6.07) is 21.6. The van der Waals surface area contributed by atoms with Gasteiger partial charge in [0.05, 0.1) is 29.8 Å². The van der Waals surface area contributed by atoms with E-state index in [1.165, 1.54) is 15.9 Å². The van der Waals surface area contributed by atoms with E-state index in [4.69, 9.17) is 51.7 Å². The number of rotatable bonds is 16. The van der Waals surface area contributed by atoms with Crippen LogP contribution in [0.15, 0.2) is 85.0 Å². The molecule has 4 fully saturated rings. The summed E-state index contributed by atoms with van der Waals surface area (Å²) < 4.78 is 29.8. The number of halogens is 2. The molecule has 4 saturated heterocycles. The predicted molar refractivity (Wildman–Crippen MR) is 227 cm³/mol. The molecule has 0 bridgehead atoms. The van der Waals surface area contributed by atoms with Gasteiger partial charge in [-0.15, -0.1) is 23.2 Å². The van der Waals surface area contributed by atoms with Gasteiger partial charge in [-0.25, -0.2) is 0 Å². The van der Waals surface area contributed by atoms with E-state index in [0.29, 0.717) is 19.4 Å². The Labute approximate surface area is 346 Å². The van der Waals surface area contributed by atoms with Crippen LogP contribution in [0.3, 0.4) is 0 Å². The van der Waals surface area contributed by atoms with Crippen molar-refractivity contribution in [2.24, 2.45) is 0 Å². The third kappa shape index (κ3) is 13.5. The zero-order valence-corrected chi connectivity index (χ0v) is 36.2. The van der Waals surface area contributed by atoms with Crippen LogP contribution >= 0.6 is 23.2 Å². The van der Waals surface area contributed by atoms with Crippen LogP contribution in [0.1, 0.15) is 111 Å². The quantitative estimate of drug-likeness (QED) is 0.0589. The Balaban J connectivity index is 0.000000277. The van der Waals surface area contributed by atoms with E-state index in [1.807, 2.05) is 0 Å². The zero-order chi connectivity index (χ0) is 40.6. The molecule has 4 aliphatic heterocycles. The van der Waals surface area contributed by atoms with Crippen molar-refractivity contribution in [1.82, 2.24) is 0 Å². The Morgan fingerprint density at radius 1 is 0.696 bits per heavy atom. The monoisotopic (exact) mass is 830 g/mol. The number of aliphatic hydroxyl groups excluding tert-OH is 1. The molecule has 2 unspecified atom stereocenters. The molecule has 2 aromatic carbocycles. The highest BCUT2D eigenvalue weighted by Gasteiger charge is 2.50. The molecular weight excluding hydrogens is 767 g/mol. The van der Waals surface area contributed by atoms with E-state index in [9.17, 15) is 9.59 Å². The number of benzene rings is 2. The summed E-state index contributed by atoms with van der Waals surface area (Å²) in [5.41, 5.74) is 2.31. The van der Waals surface area contributed by atoms with Crippen LogP contribution in [0.5, 0.6) is 0 Å². The first-order valence-electron chi connectivity index (χ1n) is 20.4. The minimum absolute atomic E-state index is 0.0113. The molecule has 0 radical (unpaired) electrons. The molecule has 0 aromatic heterocycles. The average molecular weight is 832 g/mol. The van der Waals surface area contributed by atoms with Gasteiger partial charge in [0.2, 0.25) is 0 Å². The van der Waals surface area contributed by atoms with Gasteiger partial charge in [-0.05, 0) is 104 Å². The zero-order valence-electron chi connectivity index (χ0n) is 33.7. The molecule has 11 heteroatoms. The summed E-state index contributed by atoms with van der Waals surface area (Å²) in [5.74, 6) is -0.146. The van der Waals surface area contributed by atoms with Crippen molar-refractivity contribution in [3.05, 3.63) is 85.0 Å². The first-order chi connectivity index (χ1) is 26.9. The number of hydrogen-bond donors (Lipinski definition) is 1. The van der Waals surface area contributed by atoms with Crippen LogP contribution in [0.4, 0.5) is 0 Å². The molecular formula is C45H64Cl2O8Si. The maximum absolute atomic E-state index is 11.3. The van der Waals surface area contributed by atoms with Gasteiger partial charge in [-0.3, -0.25) is 9.59 Å². The molecule has 6 atom stereocenters. The second kappa shape index (κ2) is 23.2. The van der Waals surface area contributed by atoms with Crippen molar-refractivity contribution in [2.75, 3.05) is 18.6 Å². The largest absolute Gasteiger partial charge is 0.462 e. The number of alkyl halides is 2. The Hall–Kier alpha value is -2.50. The maximum Gasteiger partial charge on any atom is 0.306 e. The van der Waals surface area contributed by atoms with E-state index in [0.717, 1.165) is 82.6 Å². The van der Waals surface area contributed by atoms with Crippen molar-refractivity contribution >= 4 is 53.8 Å². The maximum atomic E-state index is 11.3. The van der Waals surface area contributed by atoms with Crippen LogP contribution in [-0.4, -0.2) is 80.5 Å². The van der Waals surface area contributed by atoms with Crippen molar-refractivity contribution < 1.29 is 38.1 Å². The number of cyclic esters (lactones) is 2. The van der Waals surface area contributed by atoms with Crippen molar-refractivity contribution in [2.45, 2.75) is 152 Å². The molecule has 0 spiro atoms. The Kier molecular flexibility index (Phi) is 19.1. The highest BCUT2D eigenvalue weighted by molar-refractivity contribution is 6.99. The minimum Gasteiger partial charge on any atom is -0.462 e. The number of carbonyl (C=O) groups is 2. The summed E-state index contributed by atoms with van der Waals surface area (Å²) in [6.45, 7) is 16.2. The molecule has 0 amide bonds. The smallest absolute Gasteiger partial charge is 0.306 e. The van der Waals surface area contributed by atoms with E-state index in [-0.39, 0.29) is 65.5 Å². The van der Waals surface area contributed by atoms with Gasteiger partial charge in [-0.1, -0.05) is 94.6 Å². The Bertz CT molecular complexity index is 1480.